The Hall–Kier alpha value is -0.810. The molecule has 3 heterocycles. The molecule has 0 radical (unpaired) electrons. The van der Waals surface area contributed by atoms with E-state index in [1.165, 1.54) is 12.8 Å². The van der Waals surface area contributed by atoms with Crippen molar-refractivity contribution in [2.45, 2.75) is 57.2 Å². The number of halogens is 1. The van der Waals surface area contributed by atoms with Crippen LogP contribution in [0, 0.1) is 0 Å². The molecule has 0 aliphatic carbocycles. The average molecular weight is 340 g/mol. The molecule has 2 atom stereocenters. The normalized spacial score (nSPS) is 28.6. The van der Waals surface area contributed by atoms with Gasteiger partial charge in [-0.15, -0.1) is 0 Å². The summed E-state index contributed by atoms with van der Waals surface area (Å²) in [6, 6.07) is 3.49. The van der Waals surface area contributed by atoms with Crippen LogP contribution in [0.3, 0.4) is 0 Å². The van der Waals surface area contributed by atoms with Gasteiger partial charge in [0.2, 0.25) is 0 Å². The van der Waals surface area contributed by atoms with Crippen LogP contribution in [0.1, 0.15) is 49.5 Å². The van der Waals surface area contributed by atoms with Crippen LogP contribution in [0.4, 0.5) is 0 Å². The number of nitrogens with zero attached hydrogens (tertiary/aromatic N) is 1. The summed E-state index contributed by atoms with van der Waals surface area (Å²) in [5.74, 6) is 0.142. The van der Waals surface area contributed by atoms with Gasteiger partial charge < -0.3 is 15.2 Å². The molecule has 1 amide bonds. The van der Waals surface area contributed by atoms with Gasteiger partial charge in [0.1, 0.15) is 5.69 Å². The maximum absolute atomic E-state index is 12.7. The number of fused-ring (bicyclic) bond motifs is 2. The lowest BCUT2D eigenvalue weighted by Gasteiger charge is -2.37. The Morgan fingerprint density at radius 3 is 2.65 bits per heavy atom. The van der Waals surface area contributed by atoms with E-state index in [1.54, 1.807) is 0 Å². The fourth-order valence-electron chi connectivity index (χ4n) is 3.62. The van der Waals surface area contributed by atoms with E-state index in [4.69, 9.17) is 0 Å². The molecule has 1 aromatic rings. The van der Waals surface area contributed by atoms with Crippen molar-refractivity contribution in [1.29, 1.82) is 0 Å². The van der Waals surface area contributed by atoms with Crippen molar-refractivity contribution in [2.24, 2.45) is 0 Å². The van der Waals surface area contributed by atoms with Gasteiger partial charge in [0.05, 0.1) is 0 Å². The van der Waals surface area contributed by atoms with E-state index in [0.29, 0.717) is 23.8 Å². The highest BCUT2D eigenvalue weighted by atomic mass is 79.9. The first-order valence-electron chi connectivity index (χ1n) is 7.58. The highest BCUT2D eigenvalue weighted by molar-refractivity contribution is 9.10. The van der Waals surface area contributed by atoms with E-state index in [1.807, 2.05) is 12.3 Å². The summed E-state index contributed by atoms with van der Waals surface area (Å²) in [7, 11) is 0. The summed E-state index contributed by atoms with van der Waals surface area (Å²) < 4.78 is 0.933. The van der Waals surface area contributed by atoms with Crippen LogP contribution in [0.15, 0.2) is 16.7 Å². The number of rotatable bonds is 4. The van der Waals surface area contributed by atoms with Crippen LogP contribution < -0.4 is 5.32 Å². The number of piperidine rings is 1. The number of hydrogen-bond acceptors (Lipinski definition) is 2. The molecule has 2 saturated heterocycles. The second-order valence-electron chi connectivity index (χ2n) is 5.99. The van der Waals surface area contributed by atoms with Gasteiger partial charge >= 0.3 is 0 Å². The predicted octanol–water partition coefficient (Wildman–Crippen LogP) is 2.91. The molecule has 0 saturated carbocycles. The van der Waals surface area contributed by atoms with Gasteiger partial charge in [-0.3, -0.25) is 4.79 Å². The molecule has 0 spiro atoms. The van der Waals surface area contributed by atoms with E-state index in [0.717, 1.165) is 30.3 Å². The van der Waals surface area contributed by atoms with Gasteiger partial charge in [0.25, 0.3) is 5.91 Å². The second kappa shape index (κ2) is 5.90. The van der Waals surface area contributed by atoms with Crippen LogP contribution in [0.2, 0.25) is 0 Å². The van der Waals surface area contributed by atoms with Crippen LogP contribution in [0.25, 0.3) is 0 Å². The monoisotopic (exact) mass is 339 g/mol. The van der Waals surface area contributed by atoms with Crippen molar-refractivity contribution in [2.75, 3.05) is 6.54 Å². The molecule has 5 heteroatoms. The summed E-state index contributed by atoms with van der Waals surface area (Å²) in [6.07, 6.45) is 7.57. The Balaban J connectivity index is 1.76. The first kappa shape index (κ1) is 14.1. The van der Waals surface area contributed by atoms with Gasteiger partial charge in [-0.05, 0) is 54.1 Å². The SMILES string of the molecule is CCCN(C(=O)c1cc(Br)c[nH]1)C1CC2CCC(C1)N2. The third-order valence-corrected chi connectivity index (χ3v) is 4.95. The van der Waals surface area contributed by atoms with Gasteiger partial charge in [0, 0.05) is 35.3 Å². The number of nitrogens with one attached hydrogen (secondary N) is 2. The van der Waals surface area contributed by atoms with E-state index >= 15 is 0 Å². The van der Waals surface area contributed by atoms with Crippen molar-refractivity contribution in [3.63, 3.8) is 0 Å². The molecule has 2 bridgehead atoms. The van der Waals surface area contributed by atoms with Gasteiger partial charge in [0.15, 0.2) is 0 Å². The topological polar surface area (TPSA) is 48.1 Å². The third-order valence-electron chi connectivity index (χ3n) is 4.49. The lowest BCUT2D eigenvalue weighted by Crippen LogP contribution is -2.50. The zero-order chi connectivity index (χ0) is 14.1. The third kappa shape index (κ3) is 2.79. The molecule has 3 rings (SSSR count). The molecular formula is C15H22BrN3O. The number of aromatic amines is 1. The van der Waals surface area contributed by atoms with Crippen LogP contribution in [0.5, 0.6) is 0 Å². The fourth-order valence-corrected chi connectivity index (χ4v) is 3.96. The fraction of sp³-hybridized carbons (Fsp3) is 0.667. The van der Waals surface area contributed by atoms with E-state index in [9.17, 15) is 4.79 Å². The summed E-state index contributed by atoms with van der Waals surface area (Å²) in [4.78, 5) is 17.9. The molecule has 2 fully saturated rings. The largest absolute Gasteiger partial charge is 0.356 e. The lowest BCUT2D eigenvalue weighted by molar-refractivity contribution is 0.0611. The predicted molar refractivity (Wildman–Crippen MR) is 82.8 cm³/mol. The van der Waals surface area contributed by atoms with Gasteiger partial charge in [-0.2, -0.15) is 0 Å². The van der Waals surface area contributed by atoms with Crippen LogP contribution in [-0.2, 0) is 0 Å². The number of hydrogen-bond donors (Lipinski definition) is 2. The Morgan fingerprint density at radius 1 is 1.40 bits per heavy atom. The van der Waals surface area contributed by atoms with Crippen molar-refractivity contribution in [3.05, 3.63) is 22.4 Å². The van der Waals surface area contributed by atoms with E-state index in [2.05, 4.69) is 38.1 Å². The molecule has 20 heavy (non-hydrogen) atoms. The number of aromatic nitrogens is 1. The van der Waals surface area contributed by atoms with Crippen molar-refractivity contribution < 1.29 is 4.79 Å². The van der Waals surface area contributed by atoms with Crippen LogP contribution >= 0.6 is 15.9 Å². The molecule has 0 aromatic carbocycles. The molecule has 2 aliphatic heterocycles. The Bertz CT molecular complexity index is 475. The Labute approximate surface area is 128 Å². The Kier molecular flexibility index (Phi) is 4.17. The zero-order valence-electron chi connectivity index (χ0n) is 11.9. The molecular weight excluding hydrogens is 318 g/mol. The second-order valence-corrected chi connectivity index (χ2v) is 6.91. The number of amides is 1. The minimum atomic E-state index is 0.142. The van der Waals surface area contributed by atoms with Gasteiger partial charge in [-0.25, -0.2) is 0 Å². The zero-order valence-corrected chi connectivity index (χ0v) is 13.4. The molecule has 2 N–H and O–H groups in total. The number of carbonyl (C=O) groups is 1. The molecule has 2 aliphatic rings. The van der Waals surface area contributed by atoms with Crippen molar-refractivity contribution in [1.82, 2.24) is 15.2 Å². The first-order valence-corrected chi connectivity index (χ1v) is 8.37. The summed E-state index contributed by atoms with van der Waals surface area (Å²) in [5, 5.41) is 3.65. The average Bonchev–Trinajstić information content (AvgIpc) is 3.01. The van der Waals surface area contributed by atoms with Gasteiger partial charge in [-0.1, -0.05) is 6.92 Å². The summed E-state index contributed by atoms with van der Waals surface area (Å²) >= 11 is 3.40. The number of H-pyrrole nitrogens is 1. The van der Waals surface area contributed by atoms with Crippen LogP contribution in [-0.4, -0.2) is 40.5 Å². The highest BCUT2D eigenvalue weighted by Gasteiger charge is 2.37. The molecule has 2 unspecified atom stereocenters. The minimum absolute atomic E-state index is 0.142. The minimum Gasteiger partial charge on any atom is -0.356 e. The maximum atomic E-state index is 12.7. The summed E-state index contributed by atoms with van der Waals surface area (Å²) in [5.41, 5.74) is 0.691. The number of carbonyl (C=O) groups excluding carboxylic acids is 1. The highest BCUT2D eigenvalue weighted by Crippen LogP contribution is 2.30. The van der Waals surface area contributed by atoms with Crippen molar-refractivity contribution >= 4 is 21.8 Å². The molecule has 110 valence electrons. The summed E-state index contributed by atoms with van der Waals surface area (Å²) in [6.45, 7) is 2.99. The Morgan fingerprint density at radius 2 is 2.10 bits per heavy atom. The molecule has 1 aromatic heterocycles. The maximum Gasteiger partial charge on any atom is 0.270 e. The quantitative estimate of drug-likeness (QED) is 0.885. The smallest absolute Gasteiger partial charge is 0.270 e. The first-order chi connectivity index (χ1) is 9.67. The molecule has 4 nitrogen and oxygen atoms in total. The van der Waals surface area contributed by atoms with E-state index in [-0.39, 0.29) is 5.91 Å². The standard InChI is InChI=1S/C15H22BrN3O/c1-2-5-19(15(20)14-6-10(16)9-17-14)13-7-11-3-4-12(8-13)18-11/h6,9,11-13,17-18H,2-5,7-8H2,1H3. The van der Waals surface area contributed by atoms with Crippen molar-refractivity contribution in [3.8, 4) is 0 Å². The van der Waals surface area contributed by atoms with E-state index < -0.39 is 0 Å². The lowest BCUT2D eigenvalue weighted by atomic mass is 9.97.